The van der Waals surface area contributed by atoms with Crippen LogP contribution in [0.2, 0.25) is 0 Å². The molecule has 0 aliphatic heterocycles. The van der Waals surface area contributed by atoms with Gasteiger partial charge in [-0.3, -0.25) is 29.0 Å². The molecule has 0 aliphatic carbocycles. The number of carbonyl (C=O) groups is 5. The molecule has 3 amide bonds. The third kappa shape index (κ3) is 13.2. The fourth-order valence-electron chi connectivity index (χ4n) is 2.85. The number of nitrogens with zero attached hydrogens (tertiary/aromatic N) is 1. The average molecular weight is 488 g/mol. The van der Waals surface area contributed by atoms with E-state index in [-0.39, 0.29) is 37.7 Å². The van der Waals surface area contributed by atoms with Gasteiger partial charge >= 0.3 is 11.9 Å². The third-order valence-corrected chi connectivity index (χ3v) is 4.65. The van der Waals surface area contributed by atoms with Crippen molar-refractivity contribution in [3.8, 4) is 0 Å². The number of nitrogens with one attached hydrogen (secondary N) is 3. The van der Waals surface area contributed by atoms with Crippen molar-refractivity contribution in [3.63, 3.8) is 0 Å². The van der Waals surface area contributed by atoms with Gasteiger partial charge in [0, 0.05) is 13.0 Å². The summed E-state index contributed by atoms with van der Waals surface area (Å²) in [5.74, 6) is -4.71. The lowest BCUT2D eigenvalue weighted by atomic mass is 10.0. The van der Waals surface area contributed by atoms with Gasteiger partial charge in [-0.15, -0.1) is 0 Å². The number of hydrogen-bond donors (Lipinski definition) is 8. The summed E-state index contributed by atoms with van der Waals surface area (Å²) in [6.07, 6.45) is 0.00263. The van der Waals surface area contributed by atoms with Gasteiger partial charge in [0.2, 0.25) is 17.7 Å². The number of guanidine groups is 1. The van der Waals surface area contributed by atoms with Gasteiger partial charge in [-0.05, 0) is 38.5 Å². The molecular weight excluding hydrogens is 450 g/mol. The zero-order chi connectivity index (χ0) is 26.4. The summed E-state index contributed by atoms with van der Waals surface area (Å²) >= 11 is 0. The van der Waals surface area contributed by atoms with Crippen LogP contribution in [0, 0.1) is 5.92 Å². The van der Waals surface area contributed by atoms with Gasteiger partial charge in [-0.1, -0.05) is 13.8 Å². The zero-order valence-electron chi connectivity index (χ0n) is 19.7. The lowest BCUT2D eigenvalue weighted by Crippen LogP contribution is -2.57. The molecule has 0 aliphatic rings. The molecule has 0 aromatic rings. The smallest absolute Gasteiger partial charge is 0.325 e. The standard InChI is InChI=1S/C20H37N7O7/c1-10(2)9-12(21)16(30)26-14(6-7-15(28)29)18(32)27-13(5-4-8-24-20(22)23)17(31)25-11(3)19(33)34/h10-14H,4-9,21H2,1-3H3,(H,25,31)(H,26,30)(H,27,32)(H,28,29)(H,33,34)(H4,22,23,24). The summed E-state index contributed by atoms with van der Waals surface area (Å²) in [6.45, 7) is 5.14. The van der Waals surface area contributed by atoms with E-state index in [1.54, 1.807) is 0 Å². The quantitative estimate of drug-likeness (QED) is 0.0664. The van der Waals surface area contributed by atoms with E-state index in [2.05, 4.69) is 20.9 Å². The molecule has 0 spiro atoms. The van der Waals surface area contributed by atoms with Crippen LogP contribution in [0.1, 0.15) is 52.9 Å². The summed E-state index contributed by atoms with van der Waals surface area (Å²) in [5, 5.41) is 25.2. The first-order chi connectivity index (χ1) is 15.7. The van der Waals surface area contributed by atoms with E-state index in [4.69, 9.17) is 27.4 Å². The van der Waals surface area contributed by atoms with E-state index in [0.717, 1.165) is 0 Å². The lowest BCUT2D eigenvalue weighted by molar-refractivity contribution is -0.141. The van der Waals surface area contributed by atoms with E-state index < -0.39 is 60.2 Å². The maximum absolute atomic E-state index is 12.9. The number of hydrogen-bond acceptors (Lipinski definition) is 7. The largest absolute Gasteiger partial charge is 0.481 e. The zero-order valence-corrected chi connectivity index (χ0v) is 19.7. The van der Waals surface area contributed by atoms with Crippen LogP contribution in [0.3, 0.4) is 0 Å². The number of amides is 3. The van der Waals surface area contributed by atoms with Crippen molar-refractivity contribution < 1.29 is 34.2 Å². The van der Waals surface area contributed by atoms with Crippen LogP contribution in [-0.4, -0.2) is 76.5 Å². The van der Waals surface area contributed by atoms with E-state index in [0.29, 0.717) is 6.42 Å². The van der Waals surface area contributed by atoms with Crippen molar-refractivity contribution in [1.82, 2.24) is 16.0 Å². The molecule has 0 heterocycles. The summed E-state index contributed by atoms with van der Waals surface area (Å²) in [4.78, 5) is 63.8. The topological polar surface area (TPSA) is 252 Å². The SMILES string of the molecule is CC(C)CC(N)C(=O)NC(CCC(=O)O)C(=O)NC(CCCN=C(N)N)C(=O)NC(C)C(=O)O. The van der Waals surface area contributed by atoms with Crippen LogP contribution in [0.25, 0.3) is 0 Å². The van der Waals surface area contributed by atoms with Crippen molar-refractivity contribution in [2.75, 3.05) is 6.54 Å². The first-order valence-corrected chi connectivity index (χ1v) is 10.9. The third-order valence-electron chi connectivity index (χ3n) is 4.65. The Bertz CT molecular complexity index is 754. The minimum atomic E-state index is -1.27. The molecule has 0 aromatic carbocycles. The normalized spacial score (nSPS) is 14.3. The first-order valence-electron chi connectivity index (χ1n) is 10.9. The molecule has 4 unspecified atom stereocenters. The molecule has 0 saturated heterocycles. The van der Waals surface area contributed by atoms with Gasteiger partial charge in [0.15, 0.2) is 5.96 Å². The minimum Gasteiger partial charge on any atom is -0.481 e. The van der Waals surface area contributed by atoms with Crippen molar-refractivity contribution in [3.05, 3.63) is 0 Å². The predicted octanol–water partition coefficient (Wildman–Crippen LogP) is -2.16. The Labute approximate surface area is 198 Å². The van der Waals surface area contributed by atoms with Gasteiger partial charge < -0.3 is 43.4 Å². The number of rotatable bonds is 16. The Morgan fingerprint density at radius 2 is 1.38 bits per heavy atom. The highest BCUT2D eigenvalue weighted by Gasteiger charge is 2.29. The number of aliphatic carboxylic acids is 2. The highest BCUT2D eigenvalue weighted by molar-refractivity contribution is 5.94. The summed E-state index contributed by atoms with van der Waals surface area (Å²) in [5.41, 5.74) is 16.4. The molecular formula is C20H37N7O7. The van der Waals surface area contributed by atoms with Crippen LogP contribution >= 0.6 is 0 Å². The van der Waals surface area contributed by atoms with E-state index in [1.807, 2.05) is 13.8 Å². The van der Waals surface area contributed by atoms with Gasteiger partial charge in [-0.2, -0.15) is 0 Å². The number of aliphatic imine (C=N–C) groups is 1. The molecule has 14 heteroatoms. The highest BCUT2D eigenvalue weighted by Crippen LogP contribution is 2.07. The number of carbonyl (C=O) groups excluding carboxylic acids is 3. The van der Waals surface area contributed by atoms with Crippen LogP contribution in [-0.2, 0) is 24.0 Å². The highest BCUT2D eigenvalue weighted by atomic mass is 16.4. The Kier molecular flexibility index (Phi) is 13.9. The summed E-state index contributed by atoms with van der Waals surface area (Å²) < 4.78 is 0. The molecule has 0 fully saturated rings. The van der Waals surface area contributed by atoms with E-state index in [1.165, 1.54) is 6.92 Å². The summed E-state index contributed by atoms with van der Waals surface area (Å²) in [7, 11) is 0. The molecule has 0 saturated carbocycles. The lowest BCUT2D eigenvalue weighted by Gasteiger charge is -2.24. The molecule has 0 radical (unpaired) electrons. The Morgan fingerprint density at radius 3 is 1.88 bits per heavy atom. The van der Waals surface area contributed by atoms with Gasteiger partial charge in [0.1, 0.15) is 18.1 Å². The maximum Gasteiger partial charge on any atom is 0.325 e. The molecule has 0 bridgehead atoms. The molecule has 34 heavy (non-hydrogen) atoms. The Morgan fingerprint density at radius 1 is 0.853 bits per heavy atom. The fourth-order valence-corrected chi connectivity index (χ4v) is 2.85. The molecule has 4 atom stereocenters. The minimum absolute atomic E-state index is 0.0488. The first kappa shape index (κ1) is 30.6. The van der Waals surface area contributed by atoms with Crippen molar-refractivity contribution in [2.24, 2.45) is 28.1 Å². The second-order valence-corrected chi connectivity index (χ2v) is 8.31. The fraction of sp³-hybridized carbons (Fsp3) is 0.700. The maximum atomic E-state index is 12.9. The van der Waals surface area contributed by atoms with Crippen LogP contribution < -0.4 is 33.2 Å². The van der Waals surface area contributed by atoms with Crippen molar-refractivity contribution >= 4 is 35.6 Å². The van der Waals surface area contributed by atoms with E-state index >= 15 is 0 Å². The Hall–Kier alpha value is -3.42. The number of carboxylic acid groups (broad SMARTS) is 2. The summed E-state index contributed by atoms with van der Waals surface area (Å²) in [6, 6.07) is -4.58. The van der Waals surface area contributed by atoms with Gasteiger partial charge in [0.05, 0.1) is 6.04 Å². The van der Waals surface area contributed by atoms with Crippen molar-refractivity contribution in [1.29, 1.82) is 0 Å². The number of nitrogens with two attached hydrogens (primary N) is 3. The van der Waals surface area contributed by atoms with Crippen molar-refractivity contribution in [2.45, 2.75) is 77.0 Å². The van der Waals surface area contributed by atoms with Crippen LogP contribution in [0.15, 0.2) is 4.99 Å². The average Bonchev–Trinajstić information content (AvgIpc) is 2.71. The van der Waals surface area contributed by atoms with Gasteiger partial charge in [-0.25, -0.2) is 0 Å². The second-order valence-electron chi connectivity index (χ2n) is 8.31. The Balaban J connectivity index is 5.50. The number of carboxylic acids is 2. The van der Waals surface area contributed by atoms with E-state index in [9.17, 15) is 24.0 Å². The molecule has 0 rings (SSSR count). The van der Waals surface area contributed by atoms with Crippen LogP contribution in [0.4, 0.5) is 0 Å². The molecule has 0 aromatic heterocycles. The predicted molar refractivity (Wildman–Crippen MR) is 123 cm³/mol. The monoisotopic (exact) mass is 487 g/mol. The van der Waals surface area contributed by atoms with Gasteiger partial charge in [0.25, 0.3) is 0 Å². The molecule has 14 nitrogen and oxygen atoms in total. The van der Waals surface area contributed by atoms with Crippen LogP contribution in [0.5, 0.6) is 0 Å². The molecule has 11 N–H and O–H groups in total. The molecule has 194 valence electrons. The second kappa shape index (κ2) is 15.4.